The number of halogens is 1. The molecule has 2 aromatic rings. The van der Waals surface area contributed by atoms with Gasteiger partial charge in [-0.3, -0.25) is 9.97 Å². The third-order valence-electron chi connectivity index (χ3n) is 1.98. The van der Waals surface area contributed by atoms with Crippen LogP contribution in [0.4, 0.5) is 5.69 Å². The van der Waals surface area contributed by atoms with Crippen LogP contribution in [-0.2, 0) is 0 Å². The molecule has 0 spiro atoms. The van der Waals surface area contributed by atoms with Crippen molar-refractivity contribution < 1.29 is 0 Å². The molecule has 1 N–H and O–H groups in total. The molecule has 0 unspecified atom stereocenters. The molecule has 1 heterocycles. The standard InChI is InChI=1S/C11H12BrN3/c1-7(2)15-8-5-9(12)11-10(6-8)13-3-4-14-11/h3-7,15H,1-2H3. The second-order valence-corrected chi connectivity index (χ2v) is 4.54. The molecule has 1 aromatic heterocycles. The average molecular weight is 266 g/mol. The Kier molecular flexibility index (Phi) is 2.86. The Balaban J connectivity index is 2.52. The van der Waals surface area contributed by atoms with Gasteiger partial charge in [0.25, 0.3) is 0 Å². The molecule has 0 aliphatic rings. The molecular formula is C11H12BrN3. The smallest absolute Gasteiger partial charge is 0.103 e. The Morgan fingerprint density at radius 3 is 2.67 bits per heavy atom. The first-order chi connectivity index (χ1) is 7.16. The monoisotopic (exact) mass is 265 g/mol. The minimum absolute atomic E-state index is 0.408. The number of benzene rings is 1. The maximum atomic E-state index is 4.28. The van der Waals surface area contributed by atoms with Crippen molar-refractivity contribution in [2.75, 3.05) is 5.32 Å². The normalized spacial score (nSPS) is 10.9. The first kappa shape index (κ1) is 10.4. The molecule has 2 rings (SSSR count). The van der Waals surface area contributed by atoms with Crippen molar-refractivity contribution in [3.63, 3.8) is 0 Å². The Bertz CT molecular complexity index is 482. The summed E-state index contributed by atoms with van der Waals surface area (Å²) in [6, 6.07) is 4.44. The van der Waals surface area contributed by atoms with E-state index in [0.717, 1.165) is 21.2 Å². The van der Waals surface area contributed by atoms with Gasteiger partial charge in [0.05, 0.1) is 5.52 Å². The van der Waals surface area contributed by atoms with Gasteiger partial charge >= 0.3 is 0 Å². The Morgan fingerprint density at radius 1 is 1.20 bits per heavy atom. The number of nitrogens with zero attached hydrogens (tertiary/aromatic N) is 2. The second kappa shape index (κ2) is 4.14. The molecule has 0 saturated heterocycles. The minimum Gasteiger partial charge on any atom is -0.383 e. The first-order valence-electron chi connectivity index (χ1n) is 4.83. The lowest BCUT2D eigenvalue weighted by Gasteiger charge is -2.11. The summed E-state index contributed by atoms with van der Waals surface area (Å²) in [5.41, 5.74) is 2.85. The van der Waals surface area contributed by atoms with Crippen LogP contribution in [0.2, 0.25) is 0 Å². The molecule has 0 atom stereocenters. The predicted octanol–water partition coefficient (Wildman–Crippen LogP) is 3.21. The van der Waals surface area contributed by atoms with E-state index in [2.05, 4.69) is 45.1 Å². The van der Waals surface area contributed by atoms with Crippen LogP contribution in [0.25, 0.3) is 11.0 Å². The fraction of sp³-hybridized carbons (Fsp3) is 0.273. The van der Waals surface area contributed by atoms with Gasteiger partial charge in [0.15, 0.2) is 0 Å². The van der Waals surface area contributed by atoms with Crippen molar-refractivity contribution in [3.8, 4) is 0 Å². The molecule has 0 aliphatic carbocycles. The lowest BCUT2D eigenvalue weighted by molar-refractivity contribution is 0.900. The number of rotatable bonds is 2. The van der Waals surface area contributed by atoms with Crippen molar-refractivity contribution in [2.45, 2.75) is 19.9 Å². The SMILES string of the molecule is CC(C)Nc1cc(Br)c2nccnc2c1. The number of hydrogen-bond acceptors (Lipinski definition) is 3. The average Bonchev–Trinajstić information content (AvgIpc) is 2.16. The highest BCUT2D eigenvalue weighted by molar-refractivity contribution is 9.10. The van der Waals surface area contributed by atoms with Crippen molar-refractivity contribution in [1.29, 1.82) is 0 Å². The van der Waals surface area contributed by atoms with Gasteiger partial charge in [-0.25, -0.2) is 0 Å². The summed E-state index contributed by atoms with van der Waals surface area (Å²) in [5, 5.41) is 3.34. The molecule has 0 amide bonds. The lowest BCUT2D eigenvalue weighted by atomic mass is 10.2. The third kappa shape index (κ3) is 2.26. The Labute approximate surface area is 97.1 Å². The summed E-state index contributed by atoms with van der Waals surface area (Å²) >= 11 is 3.50. The Morgan fingerprint density at radius 2 is 1.93 bits per heavy atom. The summed E-state index contributed by atoms with van der Waals surface area (Å²) < 4.78 is 0.969. The van der Waals surface area contributed by atoms with Crippen LogP contribution in [0.1, 0.15) is 13.8 Å². The fourth-order valence-electron chi connectivity index (χ4n) is 1.45. The van der Waals surface area contributed by atoms with Crippen molar-refractivity contribution in [2.24, 2.45) is 0 Å². The lowest BCUT2D eigenvalue weighted by Crippen LogP contribution is -2.09. The van der Waals surface area contributed by atoms with E-state index in [-0.39, 0.29) is 0 Å². The summed E-state index contributed by atoms with van der Waals surface area (Å²) in [7, 11) is 0. The number of anilines is 1. The van der Waals surface area contributed by atoms with E-state index >= 15 is 0 Å². The predicted molar refractivity (Wildman–Crippen MR) is 66.0 cm³/mol. The second-order valence-electron chi connectivity index (χ2n) is 3.68. The first-order valence-corrected chi connectivity index (χ1v) is 5.63. The van der Waals surface area contributed by atoms with E-state index in [4.69, 9.17) is 0 Å². The van der Waals surface area contributed by atoms with Crippen LogP contribution in [-0.4, -0.2) is 16.0 Å². The summed E-state index contributed by atoms with van der Waals surface area (Å²) in [4.78, 5) is 8.54. The summed E-state index contributed by atoms with van der Waals surface area (Å²) in [6.45, 7) is 4.21. The van der Waals surface area contributed by atoms with Gasteiger partial charge in [-0.15, -0.1) is 0 Å². The van der Waals surface area contributed by atoms with Crippen LogP contribution in [0, 0.1) is 0 Å². The highest BCUT2D eigenvalue weighted by atomic mass is 79.9. The number of nitrogens with one attached hydrogen (secondary N) is 1. The van der Waals surface area contributed by atoms with Gasteiger partial charge in [0.1, 0.15) is 5.52 Å². The van der Waals surface area contributed by atoms with Crippen LogP contribution in [0.5, 0.6) is 0 Å². The quantitative estimate of drug-likeness (QED) is 0.906. The van der Waals surface area contributed by atoms with Crippen molar-refractivity contribution in [3.05, 3.63) is 29.0 Å². The zero-order valence-electron chi connectivity index (χ0n) is 8.66. The zero-order chi connectivity index (χ0) is 10.8. The molecule has 0 radical (unpaired) electrons. The van der Waals surface area contributed by atoms with Crippen molar-refractivity contribution in [1.82, 2.24) is 9.97 Å². The highest BCUT2D eigenvalue weighted by Gasteiger charge is 2.04. The van der Waals surface area contributed by atoms with Crippen molar-refractivity contribution >= 4 is 32.7 Å². The van der Waals surface area contributed by atoms with Gasteiger partial charge in [0, 0.05) is 28.6 Å². The maximum absolute atomic E-state index is 4.28. The van der Waals surface area contributed by atoms with Gasteiger partial charge < -0.3 is 5.32 Å². The van der Waals surface area contributed by atoms with Gasteiger partial charge in [-0.2, -0.15) is 0 Å². The molecule has 0 bridgehead atoms. The number of hydrogen-bond donors (Lipinski definition) is 1. The van der Waals surface area contributed by atoms with Gasteiger partial charge in [-0.1, -0.05) is 0 Å². The van der Waals surface area contributed by atoms with E-state index in [0.29, 0.717) is 6.04 Å². The molecule has 1 aromatic carbocycles. The third-order valence-corrected chi connectivity index (χ3v) is 2.59. The summed E-state index contributed by atoms with van der Waals surface area (Å²) in [5.74, 6) is 0. The van der Waals surface area contributed by atoms with E-state index in [1.165, 1.54) is 0 Å². The van der Waals surface area contributed by atoms with Gasteiger partial charge in [0.2, 0.25) is 0 Å². The summed E-state index contributed by atoms with van der Waals surface area (Å²) in [6.07, 6.45) is 3.40. The van der Waals surface area contributed by atoms with E-state index < -0.39 is 0 Å². The molecule has 4 heteroatoms. The zero-order valence-corrected chi connectivity index (χ0v) is 10.2. The molecule has 3 nitrogen and oxygen atoms in total. The molecule has 15 heavy (non-hydrogen) atoms. The maximum Gasteiger partial charge on any atom is 0.103 e. The van der Waals surface area contributed by atoms with Crippen LogP contribution in [0.3, 0.4) is 0 Å². The molecule has 0 fully saturated rings. The number of fused-ring (bicyclic) bond motifs is 1. The van der Waals surface area contributed by atoms with E-state index in [9.17, 15) is 0 Å². The minimum atomic E-state index is 0.408. The molecule has 78 valence electrons. The van der Waals surface area contributed by atoms with E-state index in [1.54, 1.807) is 12.4 Å². The topological polar surface area (TPSA) is 37.8 Å². The largest absolute Gasteiger partial charge is 0.383 e. The van der Waals surface area contributed by atoms with Crippen LogP contribution in [0.15, 0.2) is 29.0 Å². The van der Waals surface area contributed by atoms with Crippen LogP contribution < -0.4 is 5.32 Å². The molecule has 0 aliphatic heterocycles. The molecule has 0 saturated carbocycles. The number of aromatic nitrogens is 2. The van der Waals surface area contributed by atoms with E-state index in [1.807, 2.05) is 12.1 Å². The highest BCUT2D eigenvalue weighted by Crippen LogP contribution is 2.25. The van der Waals surface area contributed by atoms with Gasteiger partial charge in [-0.05, 0) is 41.9 Å². The fourth-order valence-corrected chi connectivity index (χ4v) is 2.00. The molecular weight excluding hydrogens is 254 g/mol. The Hall–Kier alpha value is -1.16. The van der Waals surface area contributed by atoms with Crippen LogP contribution >= 0.6 is 15.9 Å².